The van der Waals surface area contributed by atoms with Crippen LogP contribution in [-0.2, 0) is 4.74 Å². The van der Waals surface area contributed by atoms with Crippen LogP contribution in [0.3, 0.4) is 0 Å². The average Bonchev–Trinajstić information content (AvgIpc) is 2.74. The first-order chi connectivity index (χ1) is 14.0. The number of benzene rings is 1. The minimum absolute atomic E-state index is 0.0547. The zero-order chi connectivity index (χ0) is 20.6. The number of ether oxygens (including phenoxy) is 2. The molecular weight excluding hydrogens is 366 g/mol. The third kappa shape index (κ3) is 6.53. The number of anilines is 1. The Hall–Kier alpha value is -1.95. The molecule has 0 aromatic heterocycles. The second kappa shape index (κ2) is 10.7. The number of piperidine rings is 1. The fourth-order valence-corrected chi connectivity index (χ4v) is 4.10. The zero-order valence-corrected chi connectivity index (χ0v) is 18.3. The molecule has 0 radical (unpaired) electrons. The number of nitrogens with zero attached hydrogens (tertiary/aromatic N) is 3. The Balaban J connectivity index is 1.34. The van der Waals surface area contributed by atoms with E-state index >= 15 is 0 Å². The van der Waals surface area contributed by atoms with Gasteiger partial charge >= 0.3 is 6.09 Å². The van der Waals surface area contributed by atoms with E-state index in [0.717, 1.165) is 77.4 Å². The molecule has 2 aliphatic rings. The zero-order valence-electron chi connectivity index (χ0n) is 18.3. The molecule has 29 heavy (non-hydrogen) atoms. The van der Waals surface area contributed by atoms with Crippen molar-refractivity contribution in [3.8, 4) is 5.75 Å². The van der Waals surface area contributed by atoms with Crippen LogP contribution in [-0.4, -0.2) is 74.4 Å². The van der Waals surface area contributed by atoms with Crippen molar-refractivity contribution >= 4 is 11.8 Å². The molecule has 6 nitrogen and oxygen atoms in total. The maximum Gasteiger partial charge on any atom is 0.410 e. The van der Waals surface area contributed by atoms with Gasteiger partial charge < -0.3 is 24.2 Å². The van der Waals surface area contributed by atoms with Gasteiger partial charge in [0.05, 0.1) is 12.7 Å². The van der Waals surface area contributed by atoms with Gasteiger partial charge in [-0.3, -0.25) is 0 Å². The van der Waals surface area contributed by atoms with E-state index in [0.29, 0.717) is 5.92 Å². The first-order valence-electron chi connectivity index (χ1n) is 11.2. The van der Waals surface area contributed by atoms with Crippen LogP contribution in [0.1, 0.15) is 40.0 Å². The van der Waals surface area contributed by atoms with E-state index in [1.165, 1.54) is 5.69 Å². The smallest absolute Gasteiger partial charge is 0.410 e. The van der Waals surface area contributed by atoms with Crippen LogP contribution in [0.15, 0.2) is 24.3 Å². The van der Waals surface area contributed by atoms with Gasteiger partial charge in [0.25, 0.3) is 0 Å². The number of amides is 1. The summed E-state index contributed by atoms with van der Waals surface area (Å²) in [5.74, 6) is 1.56. The van der Waals surface area contributed by atoms with Gasteiger partial charge in [0, 0.05) is 45.0 Å². The third-order valence-corrected chi connectivity index (χ3v) is 6.03. The lowest BCUT2D eigenvalue weighted by molar-refractivity contribution is 0.0637. The second-order valence-electron chi connectivity index (χ2n) is 8.42. The summed E-state index contributed by atoms with van der Waals surface area (Å²) in [4.78, 5) is 18.7. The fourth-order valence-electron chi connectivity index (χ4n) is 4.10. The van der Waals surface area contributed by atoms with Crippen LogP contribution < -0.4 is 9.64 Å². The Labute approximate surface area is 175 Å². The summed E-state index contributed by atoms with van der Waals surface area (Å²) in [5.41, 5.74) is 1.29. The molecule has 0 atom stereocenters. The molecule has 0 spiro atoms. The van der Waals surface area contributed by atoms with E-state index in [4.69, 9.17) is 9.47 Å². The van der Waals surface area contributed by atoms with Gasteiger partial charge in [0.1, 0.15) is 5.75 Å². The Morgan fingerprint density at radius 2 is 1.69 bits per heavy atom. The summed E-state index contributed by atoms with van der Waals surface area (Å²) in [7, 11) is 0. The predicted molar refractivity (Wildman–Crippen MR) is 117 cm³/mol. The van der Waals surface area contributed by atoms with Crippen molar-refractivity contribution in [3.05, 3.63) is 24.3 Å². The van der Waals surface area contributed by atoms with Crippen molar-refractivity contribution in [2.45, 2.75) is 46.1 Å². The molecule has 0 aliphatic carbocycles. The van der Waals surface area contributed by atoms with Gasteiger partial charge in [0.15, 0.2) is 0 Å². The lowest BCUT2D eigenvalue weighted by atomic mass is 9.94. The minimum Gasteiger partial charge on any atom is -0.494 e. The fraction of sp³-hybridized carbons (Fsp3) is 0.696. The van der Waals surface area contributed by atoms with Crippen LogP contribution in [0, 0.1) is 5.92 Å². The molecule has 1 aromatic carbocycles. The van der Waals surface area contributed by atoms with Crippen molar-refractivity contribution in [1.82, 2.24) is 9.80 Å². The van der Waals surface area contributed by atoms with E-state index in [-0.39, 0.29) is 12.2 Å². The molecule has 2 heterocycles. The van der Waals surface area contributed by atoms with Crippen molar-refractivity contribution in [3.63, 3.8) is 0 Å². The van der Waals surface area contributed by atoms with Gasteiger partial charge in [-0.05, 0) is 69.8 Å². The highest BCUT2D eigenvalue weighted by Crippen LogP contribution is 2.24. The number of hydrogen-bond acceptors (Lipinski definition) is 5. The van der Waals surface area contributed by atoms with Crippen molar-refractivity contribution in [2.24, 2.45) is 5.92 Å². The molecule has 3 rings (SSSR count). The first-order valence-corrected chi connectivity index (χ1v) is 11.2. The topological polar surface area (TPSA) is 45.2 Å². The van der Waals surface area contributed by atoms with Crippen LogP contribution in [0.2, 0.25) is 0 Å². The summed E-state index contributed by atoms with van der Waals surface area (Å²) in [6.45, 7) is 13.9. The van der Waals surface area contributed by atoms with Crippen LogP contribution in [0.4, 0.5) is 10.5 Å². The molecule has 1 aromatic rings. The average molecular weight is 404 g/mol. The lowest BCUT2D eigenvalue weighted by Crippen LogP contribution is -2.46. The van der Waals surface area contributed by atoms with Gasteiger partial charge in [0.2, 0.25) is 0 Å². The van der Waals surface area contributed by atoms with Crippen molar-refractivity contribution in [1.29, 1.82) is 0 Å². The monoisotopic (exact) mass is 403 g/mol. The molecule has 0 bridgehead atoms. The van der Waals surface area contributed by atoms with Crippen molar-refractivity contribution in [2.75, 3.05) is 57.3 Å². The number of likely N-dealkylation sites (N-methyl/N-ethyl adjacent to an activating group) is 1. The van der Waals surface area contributed by atoms with Gasteiger partial charge in [-0.25, -0.2) is 4.79 Å². The summed E-state index contributed by atoms with van der Waals surface area (Å²) >= 11 is 0. The number of rotatable bonds is 7. The summed E-state index contributed by atoms with van der Waals surface area (Å²) in [6.07, 6.45) is 2.86. The summed E-state index contributed by atoms with van der Waals surface area (Å²) in [6, 6.07) is 8.53. The normalized spacial score (nSPS) is 18.9. The quantitative estimate of drug-likeness (QED) is 0.692. The highest BCUT2D eigenvalue weighted by Gasteiger charge is 2.24. The van der Waals surface area contributed by atoms with Crippen LogP contribution in [0.5, 0.6) is 5.75 Å². The number of hydrogen-bond donors (Lipinski definition) is 0. The summed E-state index contributed by atoms with van der Waals surface area (Å²) in [5, 5.41) is 0. The Kier molecular flexibility index (Phi) is 8.04. The highest BCUT2D eigenvalue weighted by molar-refractivity contribution is 5.67. The summed E-state index contributed by atoms with van der Waals surface area (Å²) < 4.78 is 11.3. The van der Waals surface area contributed by atoms with Crippen molar-refractivity contribution < 1.29 is 14.3 Å². The molecule has 6 heteroatoms. The number of piperazine rings is 1. The SMILES string of the molecule is CCN1CCN(c2ccc(OCCC3CCN(C(=O)OC(C)C)CC3)cc2)CC1. The van der Waals surface area contributed by atoms with Gasteiger partial charge in [-0.15, -0.1) is 0 Å². The lowest BCUT2D eigenvalue weighted by Gasteiger charge is -2.35. The molecule has 2 saturated heterocycles. The van der Waals surface area contributed by atoms with Gasteiger partial charge in [-0.1, -0.05) is 6.92 Å². The first kappa shape index (κ1) is 21.8. The molecule has 0 unspecified atom stereocenters. The Bertz CT molecular complexity index is 619. The van der Waals surface area contributed by atoms with Crippen LogP contribution in [0.25, 0.3) is 0 Å². The maximum atomic E-state index is 12.0. The van der Waals surface area contributed by atoms with E-state index in [2.05, 4.69) is 41.0 Å². The Morgan fingerprint density at radius 1 is 1.03 bits per heavy atom. The Morgan fingerprint density at radius 3 is 2.28 bits per heavy atom. The third-order valence-electron chi connectivity index (χ3n) is 6.03. The molecule has 2 aliphatic heterocycles. The molecule has 1 amide bonds. The number of carbonyl (C=O) groups is 1. The molecule has 162 valence electrons. The number of likely N-dealkylation sites (tertiary alicyclic amines) is 1. The standard InChI is InChI=1S/C23H37N3O3/c1-4-24-14-16-25(17-15-24)21-5-7-22(8-6-21)28-18-11-20-9-12-26(13-10-20)23(27)29-19(2)3/h5-8,19-20H,4,9-18H2,1-3H3. The number of carbonyl (C=O) groups excluding carboxylic acids is 1. The van der Waals surface area contributed by atoms with E-state index < -0.39 is 0 Å². The molecule has 0 N–H and O–H groups in total. The van der Waals surface area contributed by atoms with E-state index in [9.17, 15) is 4.79 Å². The van der Waals surface area contributed by atoms with Gasteiger partial charge in [-0.2, -0.15) is 0 Å². The van der Waals surface area contributed by atoms with Crippen LogP contribution >= 0.6 is 0 Å². The molecule has 0 saturated carbocycles. The molecular formula is C23H37N3O3. The predicted octanol–water partition coefficient (Wildman–Crippen LogP) is 3.85. The maximum absolute atomic E-state index is 12.0. The second-order valence-corrected chi connectivity index (χ2v) is 8.42. The van der Waals surface area contributed by atoms with E-state index in [1.54, 1.807) is 0 Å². The largest absolute Gasteiger partial charge is 0.494 e. The molecule has 2 fully saturated rings. The van der Waals surface area contributed by atoms with E-state index in [1.807, 2.05) is 18.7 Å². The highest BCUT2D eigenvalue weighted by atomic mass is 16.6. The minimum atomic E-state index is -0.175.